The molecule has 1 aliphatic heterocycles. The van der Waals surface area contributed by atoms with E-state index in [1.165, 1.54) is 11.1 Å². The Balaban J connectivity index is 2.00. The fourth-order valence-electron chi connectivity index (χ4n) is 2.64. The van der Waals surface area contributed by atoms with Crippen LogP contribution in [0.2, 0.25) is 0 Å². The van der Waals surface area contributed by atoms with Crippen LogP contribution in [0.1, 0.15) is 36.3 Å². The first-order valence-electron chi connectivity index (χ1n) is 6.59. The summed E-state index contributed by atoms with van der Waals surface area (Å²) in [5, 5.41) is 11.9. The molecule has 2 heterocycles. The van der Waals surface area contributed by atoms with E-state index in [0.717, 1.165) is 31.8 Å². The monoisotopic (exact) mass is 242 g/mol. The van der Waals surface area contributed by atoms with Crippen molar-refractivity contribution >= 4 is 0 Å². The number of hydrogen-bond donors (Lipinski definition) is 1. The predicted molar refractivity (Wildman–Crippen MR) is 70.3 cm³/mol. The molecule has 4 heteroatoms. The first-order chi connectivity index (χ1) is 8.90. The number of nitrogens with one attached hydrogen (secondary N) is 1. The molecule has 1 atom stereocenters. The van der Waals surface area contributed by atoms with E-state index in [1.54, 1.807) is 0 Å². The number of benzene rings is 1. The van der Waals surface area contributed by atoms with Gasteiger partial charge in [-0.15, -0.1) is 10.2 Å². The molecular formula is C14H18N4. The lowest BCUT2D eigenvalue weighted by Gasteiger charge is -2.26. The lowest BCUT2D eigenvalue weighted by Crippen LogP contribution is -2.32. The van der Waals surface area contributed by atoms with Gasteiger partial charge in [0.25, 0.3) is 0 Å². The van der Waals surface area contributed by atoms with Crippen molar-refractivity contribution in [2.75, 3.05) is 6.54 Å². The highest BCUT2D eigenvalue weighted by atomic mass is 15.3. The second-order valence-corrected chi connectivity index (χ2v) is 4.72. The van der Waals surface area contributed by atoms with Gasteiger partial charge >= 0.3 is 0 Å². The van der Waals surface area contributed by atoms with Crippen molar-refractivity contribution < 1.29 is 0 Å². The van der Waals surface area contributed by atoms with Crippen molar-refractivity contribution in [3.63, 3.8) is 0 Å². The topological polar surface area (TPSA) is 42.7 Å². The normalized spacial score (nSPS) is 18.6. The van der Waals surface area contributed by atoms with E-state index in [4.69, 9.17) is 0 Å². The van der Waals surface area contributed by atoms with E-state index in [-0.39, 0.29) is 6.04 Å². The Morgan fingerprint density at radius 2 is 2.28 bits per heavy atom. The molecule has 2 aromatic rings. The maximum Gasteiger partial charge on any atom is 0.154 e. The molecule has 1 N–H and O–H groups in total. The first kappa shape index (κ1) is 11.4. The minimum absolute atomic E-state index is 0.184. The zero-order chi connectivity index (χ0) is 12.4. The van der Waals surface area contributed by atoms with Gasteiger partial charge in [-0.05, 0) is 24.0 Å². The van der Waals surface area contributed by atoms with Crippen LogP contribution in [0.3, 0.4) is 0 Å². The Morgan fingerprint density at radius 3 is 3.17 bits per heavy atom. The summed E-state index contributed by atoms with van der Waals surface area (Å²) < 4.78 is 2.15. The molecular weight excluding hydrogens is 224 g/mol. The summed E-state index contributed by atoms with van der Waals surface area (Å²) >= 11 is 0. The van der Waals surface area contributed by atoms with Crippen LogP contribution in [0.5, 0.6) is 0 Å². The van der Waals surface area contributed by atoms with E-state index in [0.29, 0.717) is 0 Å². The number of nitrogens with zero attached hydrogens (tertiary/aromatic N) is 3. The highest BCUT2D eigenvalue weighted by Crippen LogP contribution is 2.27. The van der Waals surface area contributed by atoms with E-state index in [2.05, 4.69) is 51.3 Å². The highest BCUT2D eigenvalue weighted by Gasteiger charge is 2.24. The van der Waals surface area contributed by atoms with Gasteiger partial charge in [0.1, 0.15) is 6.33 Å². The molecule has 0 saturated heterocycles. The number of fused-ring (bicyclic) bond motifs is 1. The minimum Gasteiger partial charge on any atom is -0.316 e. The number of aromatic nitrogens is 3. The third-order valence-corrected chi connectivity index (χ3v) is 3.48. The molecule has 0 spiro atoms. The maximum atomic E-state index is 4.31. The summed E-state index contributed by atoms with van der Waals surface area (Å²) in [5.74, 6) is 1.03. The fourth-order valence-corrected chi connectivity index (χ4v) is 2.64. The smallest absolute Gasteiger partial charge is 0.154 e. The Hall–Kier alpha value is -1.68. The first-order valence-corrected chi connectivity index (χ1v) is 6.59. The standard InChI is InChI=1S/C14H18N4/c1-2-9-18-10-16-17-14(18)13-12-6-4-3-5-11(12)7-8-15-13/h3-6,10,13,15H,2,7-9H2,1H3. The number of rotatable bonds is 3. The third kappa shape index (κ3) is 1.93. The van der Waals surface area contributed by atoms with Crippen LogP contribution < -0.4 is 5.32 Å². The lowest BCUT2D eigenvalue weighted by molar-refractivity contribution is 0.509. The molecule has 18 heavy (non-hydrogen) atoms. The second-order valence-electron chi connectivity index (χ2n) is 4.72. The van der Waals surface area contributed by atoms with Crippen LogP contribution in [0.15, 0.2) is 30.6 Å². The summed E-state index contributed by atoms with van der Waals surface area (Å²) in [7, 11) is 0. The number of hydrogen-bond acceptors (Lipinski definition) is 3. The zero-order valence-corrected chi connectivity index (χ0v) is 10.6. The fraction of sp³-hybridized carbons (Fsp3) is 0.429. The van der Waals surface area contributed by atoms with E-state index in [1.807, 2.05) is 6.33 Å². The largest absolute Gasteiger partial charge is 0.316 e. The number of aryl methyl sites for hydroxylation is 1. The predicted octanol–water partition coefficient (Wildman–Crippen LogP) is 1.92. The van der Waals surface area contributed by atoms with Gasteiger partial charge in [-0.3, -0.25) is 0 Å². The van der Waals surface area contributed by atoms with Crippen LogP contribution in [-0.2, 0) is 13.0 Å². The zero-order valence-electron chi connectivity index (χ0n) is 10.6. The van der Waals surface area contributed by atoms with Crippen molar-refractivity contribution in [3.8, 4) is 0 Å². The molecule has 0 saturated carbocycles. The second kappa shape index (κ2) is 4.90. The van der Waals surface area contributed by atoms with Crippen molar-refractivity contribution in [1.29, 1.82) is 0 Å². The third-order valence-electron chi connectivity index (χ3n) is 3.48. The van der Waals surface area contributed by atoms with Crippen LogP contribution in [0.4, 0.5) is 0 Å². The van der Waals surface area contributed by atoms with Gasteiger partial charge in [-0.25, -0.2) is 0 Å². The average Bonchev–Trinajstić information content (AvgIpc) is 2.87. The maximum absolute atomic E-state index is 4.31. The molecule has 1 aromatic carbocycles. The van der Waals surface area contributed by atoms with Gasteiger partial charge in [0.05, 0.1) is 6.04 Å². The van der Waals surface area contributed by atoms with Crippen LogP contribution in [-0.4, -0.2) is 21.3 Å². The van der Waals surface area contributed by atoms with E-state index < -0.39 is 0 Å². The molecule has 3 rings (SSSR count). The summed E-state index contributed by atoms with van der Waals surface area (Å²) in [4.78, 5) is 0. The van der Waals surface area contributed by atoms with Gasteiger partial charge < -0.3 is 9.88 Å². The van der Waals surface area contributed by atoms with E-state index >= 15 is 0 Å². The molecule has 0 aliphatic carbocycles. The van der Waals surface area contributed by atoms with Crippen molar-refractivity contribution in [1.82, 2.24) is 20.1 Å². The Bertz CT molecular complexity index is 532. The SMILES string of the molecule is CCCn1cnnc1C1NCCc2ccccc21. The van der Waals surface area contributed by atoms with Crippen LogP contribution in [0, 0.1) is 0 Å². The molecule has 94 valence electrons. The van der Waals surface area contributed by atoms with Gasteiger partial charge in [-0.1, -0.05) is 31.2 Å². The highest BCUT2D eigenvalue weighted by molar-refractivity contribution is 5.35. The summed E-state index contributed by atoms with van der Waals surface area (Å²) in [5.41, 5.74) is 2.77. The van der Waals surface area contributed by atoms with Crippen molar-refractivity contribution in [2.24, 2.45) is 0 Å². The Morgan fingerprint density at radius 1 is 1.39 bits per heavy atom. The summed E-state index contributed by atoms with van der Waals surface area (Å²) in [6.45, 7) is 4.15. The lowest BCUT2D eigenvalue weighted by atomic mass is 9.94. The van der Waals surface area contributed by atoms with Crippen LogP contribution >= 0.6 is 0 Å². The molecule has 0 bridgehead atoms. The molecule has 1 aromatic heterocycles. The van der Waals surface area contributed by atoms with Gasteiger partial charge in [0, 0.05) is 13.1 Å². The molecule has 0 fully saturated rings. The Labute approximate surface area is 107 Å². The molecule has 1 aliphatic rings. The summed E-state index contributed by atoms with van der Waals surface area (Å²) in [6, 6.07) is 8.79. The average molecular weight is 242 g/mol. The van der Waals surface area contributed by atoms with Crippen molar-refractivity contribution in [3.05, 3.63) is 47.5 Å². The van der Waals surface area contributed by atoms with Gasteiger partial charge in [0.2, 0.25) is 0 Å². The molecule has 1 unspecified atom stereocenters. The van der Waals surface area contributed by atoms with Gasteiger partial charge in [-0.2, -0.15) is 0 Å². The van der Waals surface area contributed by atoms with Crippen molar-refractivity contribution in [2.45, 2.75) is 32.4 Å². The Kier molecular flexibility index (Phi) is 3.11. The molecule has 0 amide bonds. The molecule has 4 nitrogen and oxygen atoms in total. The quantitative estimate of drug-likeness (QED) is 0.894. The van der Waals surface area contributed by atoms with Crippen LogP contribution in [0.25, 0.3) is 0 Å². The summed E-state index contributed by atoms with van der Waals surface area (Å²) in [6.07, 6.45) is 4.02. The van der Waals surface area contributed by atoms with Gasteiger partial charge in [0.15, 0.2) is 5.82 Å². The minimum atomic E-state index is 0.184. The van der Waals surface area contributed by atoms with E-state index in [9.17, 15) is 0 Å². The molecule has 0 radical (unpaired) electrons.